The van der Waals surface area contributed by atoms with Crippen molar-refractivity contribution in [1.29, 1.82) is 0 Å². The van der Waals surface area contributed by atoms with Gasteiger partial charge < -0.3 is 14.6 Å². The van der Waals surface area contributed by atoms with Crippen molar-refractivity contribution in [2.24, 2.45) is 0 Å². The predicted octanol–water partition coefficient (Wildman–Crippen LogP) is 0.290. The van der Waals surface area contributed by atoms with E-state index in [0.29, 0.717) is 25.3 Å². The number of likely N-dealkylation sites (tertiary alicyclic amines) is 1. The molecule has 2 heterocycles. The van der Waals surface area contributed by atoms with Crippen LogP contribution >= 0.6 is 0 Å². The summed E-state index contributed by atoms with van der Waals surface area (Å²) in [5.74, 6) is 0.690. The summed E-state index contributed by atoms with van der Waals surface area (Å²) >= 11 is 0. The zero-order valence-electron chi connectivity index (χ0n) is 12.1. The van der Waals surface area contributed by atoms with E-state index in [1.165, 1.54) is 13.1 Å². The summed E-state index contributed by atoms with van der Waals surface area (Å²) in [6.45, 7) is 2.67. The Kier molecular flexibility index (Phi) is 5.38. The fourth-order valence-corrected chi connectivity index (χ4v) is 2.89. The molecule has 2 N–H and O–H groups in total. The fraction of sp³-hybridized carbons (Fsp3) is 0.615. The third-order valence-corrected chi connectivity index (χ3v) is 4.73. The number of nitrogens with one attached hydrogen (secondary N) is 2. The van der Waals surface area contributed by atoms with Gasteiger partial charge in [-0.1, -0.05) is 0 Å². The highest BCUT2D eigenvalue weighted by Gasteiger charge is 2.18. The van der Waals surface area contributed by atoms with E-state index in [9.17, 15) is 13.2 Å². The van der Waals surface area contributed by atoms with E-state index in [2.05, 4.69) is 10.0 Å². The van der Waals surface area contributed by atoms with Crippen molar-refractivity contribution in [3.05, 3.63) is 17.9 Å². The molecule has 1 aromatic heterocycles. The van der Waals surface area contributed by atoms with E-state index >= 15 is 0 Å². The van der Waals surface area contributed by atoms with Crippen molar-refractivity contribution in [2.75, 3.05) is 26.7 Å². The maximum absolute atomic E-state index is 11.8. The van der Waals surface area contributed by atoms with Crippen LogP contribution in [0.15, 0.2) is 21.6 Å². The second-order valence-corrected chi connectivity index (χ2v) is 6.76. The summed E-state index contributed by atoms with van der Waals surface area (Å²) in [6.07, 6.45) is 2.63. The fourth-order valence-electron chi connectivity index (χ4n) is 2.23. The second kappa shape index (κ2) is 7.06. The van der Waals surface area contributed by atoms with Crippen LogP contribution in [0.1, 0.15) is 25.0 Å². The van der Waals surface area contributed by atoms with Crippen molar-refractivity contribution in [3.63, 3.8) is 0 Å². The van der Waals surface area contributed by atoms with Crippen LogP contribution in [0.2, 0.25) is 0 Å². The first kappa shape index (κ1) is 16.0. The summed E-state index contributed by atoms with van der Waals surface area (Å²) in [7, 11) is -2.20. The van der Waals surface area contributed by atoms with E-state index in [1.807, 2.05) is 4.90 Å². The van der Waals surface area contributed by atoms with Gasteiger partial charge in [0.05, 0.1) is 6.54 Å². The maximum atomic E-state index is 11.8. The van der Waals surface area contributed by atoms with Gasteiger partial charge in [0.2, 0.25) is 11.0 Å². The van der Waals surface area contributed by atoms with Gasteiger partial charge in [0, 0.05) is 26.1 Å². The summed E-state index contributed by atoms with van der Waals surface area (Å²) in [5, 5.41) is 2.98. The highest BCUT2D eigenvalue weighted by atomic mass is 32.2. The Labute approximate surface area is 124 Å². The summed E-state index contributed by atoms with van der Waals surface area (Å²) in [4.78, 5) is 13.7. The zero-order chi connectivity index (χ0) is 15.3. The van der Waals surface area contributed by atoms with E-state index in [-0.39, 0.29) is 11.0 Å². The quantitative estimate of drug-likeness (QED) is 0.706. The minimum absolute atomic E-state index is 0.102. The van der Waals surface area contributed by atoms with E-state index in [0.717, 1.165) is 25.9 Å². The topological polar surface area (TPSA) is 91.7 Å². The molecule has 1 aliphatic rings. The number of furan rings is 1. The lowest BCUT2D eigenvalue weighted by Crippen LogP contribution is -2.30. The van der Waals surface area contributed by atoms with Crippen LogP contribution in [0.4, 0.5) is 0 Å². The average Bonchev–Trinajstić information content (AvgIpc) is 3.14. The molecule has 0 aromatic carbocycles. The molecule has 0 atom stereocenters. The Morgan fingerprint density at radius 1 is 1.33 bits per heavy atom. The summed E-state index contributed by atoms with van der Waals surface area (Å²) < 4.78 is 30.4. The highest BCUT2D eigenvalue weighted by Crippen LogP contribution is 2.13. The number of hydrogen-bond acceptors (Lipinski definition) is 5. The lowest BCUT2D eigenvalue weighted by atomic mass is 10.3. The van der Waals surface area contributed by atoms with Gasteiger partial charge in [-0.15, -0.1) is 0 Å². The molecule has 7 nitrogen and oxygen atoms in total. The normalized spacial score (nSPS) is 15.6. The number of amides is 1. The van der Waals surface area contributed by atoms with Crippen molar-refractivity contribution >= 4 is 15.9 Å². The average molecular weight is 315 g/mol. The lowest BCUT2D eigenvalue weighted by molar-refractivity contribution is -0.130. The number of hydrogen-bond donors (Lipinski definition) is 2. The molecule has 21 heavy (non-hydrogen) atoms. The Balaban J connectivity index is 1.73. The third kappa shape index (κ3) is 4.29. The molecule has 1 saturated heterocycles. The van der Waals surface area contributed by atoms with Gasteiger partial charge in [-0.3, -0.25) is 4.79 Å². The molecule has 1 amide bonds. The minimum atomic E-state index is -3.54. The molecule has 0 saturated carbocycles. The lowest BCUT2D eigenvalue weighted by Gasteiger charge is -2.14. The number of nitrogens with zero attached hydrogens (tertiary/aromatic N) is 1. The monoisotopic (exact) mass is 315 g/mol. The first-order chi connectivity index (χ1) is 10.0. The maximum Gasteiger partial charge on any atom is 0.273 e. The molecule has 0 aliphatic carbocycles. The molecule has 1 fully saturated rings. The highest BCUT2D eigenvalue weighted by molar-refractivity contribution is 7.89. The largest absolute Gasteiger partial charge is 0.447 e. The number of carbonyl (C=O) groups excluding carboxylic acids is 1. The van der Waals surface area contributed by atoms with Crippen molar-refractivity contribution < 1.29 is 17.6 Å². The second-order valence-electron chi connectivity index (χ2n) is 4.94. The van der Waals surface area contributed by atoms with Gasteiger partial charge in [0.15, 0.2) is 0 Å². The molecule has 1 aromatic rings. The van der Waals surface area contributed by atoms with Crippen LogP contribution in [0.25, 0.3) is 0 Å². The predicted molar refractivity (Wildman–Crippen MR) is 77.1 cm³/mol. The molecule has 118 valence electrons. The Hall–Kier alpha value is -1.38. The van der Waals surface area contributed by atoms with E-state index in [1.54, 1.807) is 6.07 Å². The van der Waals surface area contributed by atoms with Gasteiger partial charge in [-0.2, -0.15) is 0 Å². The van der Waals surface area contributed by atoms with Gasteiger partial charge in [-0.25, -0.2) is 13.1 Å². The van der Waals surface area contributed by atoms with Crippen molar-refractivity contribution in [2.45, 2.75) is 30.9 Å². The molecule has 8 heteroatoms. The third-order valence-electron chi connectivity index (χ3n) is 3.44. The Morgan fingerprint density at radius 2 is 2.05 bits per heavy atom. The molecule has 1 aliphatic heterocycles. The molecular weight excluding hydrogens is 294 g/mol. The summed E-state index contributed by atoms with van der Waals surface area (Å²) in [6, 6.07) is 3.03. The van der Waals surface area contributed by atoms with Crippen molar-refractivity contribution in [1.82, 2.24) is 14.9 Å². The van der Waals surface area contributed by atoms with E-state index < -0.39 is 10.0 Å². The van der Waals surface area contributed by atoms with Crippen LogP contribution in [0.5, 0.6) is 0 Å². The standard InChI is InChI=1S/C13H21N3O4S/c1-14-21(18,19)13-5-4-11(20-13)10-15-7-6-12(17)16-8-2-3-9-16/h4-5,14-15H,2-3,6-10H2,1H3. The van der Waals surface area contributed by atoms with Crippen molar-refractivity contribution in [3.8, 4) is 0 Å². The number of rotatable bonds is 7. The SMILES string of the molecule is CNS(=O)(=O)c1ccc(CNCCC(=O)N2CCCC2)o1. The van der Waals surface area contributed by atoms with Crippen LogP contribution < -0.4 is 10.0 Å². The smallest absolute Gasteiger partial charge is 0.273 e. The molecule has 0 unspecified atom stereocenters. The van der Waals surface area contributed by atoms with Gasteiger partial charge in [0.1, 0.15) is 5.76 Å². The van der Waals surface area contributed by atoms with Gasteiger partial charge in [0.25, 0.3) is 10.0 Å². The number of sulfonamides is 1. The van der Waals surface area contributed by atoms with Gasteiger partial charge in [-0.05, 0) is 32.0 Å². The van der Waals surface area contributed by atoms with E-state index in [4.69, 9.17) is 4.42 Å². The van der Waals surface area contributed by atoms with Gasteiger partial charge >= 0.3 is 0 Å². The Bertz CT molecular complexity index is 576. The minimum Gasteiger partial charge on any atom is -0.447 e. The molecule has 0 radical (unpaired) electrons. The summed E-state index contributed by atoms with van der Waals surface area (Å²) in [5.41, 5.74) is 0. The van der Waals surface area contributed by atoms with Crippen LogP contribution in [-0.4, -0.2) is 45.9 Å². The molecular formula is C13H21N3O4S. The van der Waals surface area contributed by atoms with Crippen LogP contribution in [0.3, 0.4) is 0 Å². The molecule has 0 spiro atoms. The van der Waals surface area contributed by atoms with Crippen LogP contribution in [0, 0.1) is 0 Å². The molecule has 2 rings (SSSR count). The molecule has 0 bridgehead atoms. The first-order valence-electron chi connectivity index (χ1n) is 7.03. The van der Waals surface area contributed by atoms with Crippen LogP contribution in [-0.2, 0) is 21.4 Å². The Morgan fingerprint density at radius 3 is 2.71 bits per heavy atom. The number of carbonyl (C=O) groups is 1. The zero-order valence-corrected chi connectivity index (χ0v) is 12.9. The first-order valence-corrected chi connectivity index (χ1v) is 8.52.